The molecule has 0 aliphatic heterocycles. The van der Waals surface area contributed by atoms with E-state index in [1.165, 1.54) is 11.0 Å². The number of hydrogen-bond donors (Lipinski definition) is 3. The minimum Gasteiger partial charge on any atom is -0.506 e. The molecule has 0 aromatic heterocycles. The summed E-state index contributed by atoms with van der Waals surface area (Å²) in [5.74, 6) is -1.14. The van der Waals surface area contributed by atoms with Crippen molar-refractivity contribution in [2.45, 2.75) is 6.54 Å². The first kappa shape index (κ1) is 14.3. The molecule has 0 saturated heterocycles. The van der Waals surface area contributed by atoms with Gasteiger partial charge in [0.05, 0.1) is 18.1 Å². The normalized spacial score (nSPS) is 10.6. The molecule has 0 fully saturated rings. The van der Waals surface area contributed by atoms with Crippen molar-refractivity contribution in [1.29, 1.82) is 0 Å². The van der Waals surface area contributed by atoms with Crippen LogP contribution in [0, 0.1) is 0 Å². The fraction of sp³-hybridized carbons (Fsp3) is 0.273. The Kier molecular flexibility index (Phi) is 4.94. The molecular weight excluding hydrogens is 258 g/mol. The maximum absolute atomic E-state index is 10.9. The minimum absolute atomic E-state index is 0.0308. The Hall–Kier alpha value is -1.79. The molecule has 98 valence electrons. The Morgan fingerprint density at radius 3 is 2.22 bits per heavy atom. The van der Waals surface area contributed by atoms with Gasteiger partial charge in [0, 0.05) is 6.54 Å². The van der Waals surface area contributed by atoms with Gasteiger partial charge < -0.3 is 16.6 Å². The van der Waals surface area contributed by atoms with Gasteiger partial charge in [0.2, 0.25) is 11.8 Å². The fourth-order valence-corrected chi connectivity index (χ4v) is 1.72. The van der Waals surface area contributed by atoms with Crippen LogP contribution in [0.15, 0.2) is 18.2 Å². The molecule has 0 unspecified atom stereocenters. The number of carbonyl (C=O) groups is 2. The fourth-order valence-electron chi connectivity index (χ4n) is 1.52. The van der Waals surface area contributed by atoms with Crippen LogP contribution in [-0.2, 0) is 16.1 Å². The van der Waals surface area contributed by atoms with Crippen LogP contribution in [0.3, 0.4) is 0 Å². The number of aromatic hydroxyl groups is 1. The Morgan fingerprint density at radius 2 is 1.78 bits per heavy atom. The predicted molar refractivity (Wildman–Crippen MR) is 66.8 cm³/mol. The van der Waals surface area contributed by atoms with Crippen molar-refractivity contribution in [1.82, 2.24) is 4.90 Å². The molecule has 0 saturated carbocycles. The third-order valence-electron chi connectivity index (χ3n) is 2.18. The first-order valence-corrected chi connectivity index (χ1v) is 5.52. The zero-order chi connectivity index (χ0) is 13.7. The van der Waals surface area contributed by atoms with Crippen LogP contribution in [0.5, 0.6) is 5.75 Å². The lowest BCUT2D eigenvalue weighted by Crippen LogP contribution is -2.39. The van der Waals surface area contributed by atoms with E-state index in [4.69, 9.17) is 23.1 Å². The average Bonchev–Trinajstić information content (AvgIpc) is 2.21. The third-order valence-corrected chi connectivity index (χ3v) is 2.48. The van der Waals surface area contributed by atoms with E-state index in [0.717, 1.165) is 5.56 Å². The first-order valence-electron chi connectivity index (χ1n) is 5.15. The summed E-state index contributed by atoms with van der Waals surface area (Å²) in [6.45, 7) is 0.120. The maximum Gasteiger partial charge on any atom is 0.231 e. The molecule has 0 heterocycles. The smallest absolute Gasteiger partial charge is 0.231 e. The summed E-state index contributed by atoms with van der Waals surface area (Å²) in [6, 6.07) is 4.62. The van der Waals surface area contributed by atoms with Crippen molar-refractivity contribution < 1.29 is 14.7 Å². The molecule has 0 atom stereocenters. The van der Waals surface area contributed by atoms with E-state index in [1.54, 1.807) is 12.1 Å². The Labute approximate surface area is 109 Å². The van der Waals surface area contributed by atoms with Gasteiger partial charge in [0.15, 0.2) is 0 Å². The average molecular weight is 272 g/mol. The first-order chi connectivity index (χ1) is 8.38. The highest BCUT2D eigenvalue weighted by molar-refractivity contribution is 6.32. The van der Waals surface area contributed by atoms with Gasteiger partial charge in [-0.15, -0.1) is 0 Å². The Balaban J connectivity index is 2.77. The maximum atomic E-state index is 10.9. The van der Waals surface area contributed by atoms with Crippen molar-refractivity contribution in [3.05, 3.63) is 28.8 Å². The minimum atomic E-state index is -0.555. The number of rotatable bonds is 6. The van der Waals surface area contributed by atoms with E-state index in [2.05, 4.69) is 0 Å². The lowest BCUT2D eigenvalue weighted by molar-refractivity contribution is -0.122. The molecule has 0 aliphatic carbocycles. The topological polar surface area (TPSA) is 110 Å². The molecule has 6 nitrogen and oxygen atoms in total. The molecule has 1 rings (SSSR count). The van der Waals surface area contributed by atoms with Gasteiger partial charge in [-0.25, -0.2) is 0 Å². The van der Waals surface area contributed by atoms with Gasteiger partial charge >= 0.3 is 0 Å². The molecule has 1 aromatic rings. The quantitative estimate of drug-likeness (QED) is 0.666. The van der Waals surface area contributed by atoms with Crippen molar-refractivity contribution in [2.75, 3.05) is 13.1 Å². The highest BCUT2D eigenvalue weighted by Crippen LogP contribution is 2.24. The van der Waals surface area contributed by atoms with Crippen molar-refractivity contribution >= 4 is 23.4 Å². The predicted octanol–water partition coefficient (Wildman–Crippen LogP) is -0.182. The monoisotopic (exact) mass is 271 g/mol. The van der Waals surface area contributed by atoms with Crippen LogP contribution in [0.2, 0.25) is 5.02 Å². The highest BCUT2D eigenvalue weighted by atomic mass is 35.5. The van der Waals surface area contributed by atoms with Gasteiger partial charge in [-0.2, -0.15) is 0 Å². The van der Waals surface area contributed by atoms with Crippen LogP contribution in [0.25, 0.3) is 0 Å². The second-order valence-electron chi connectivity index (χ2n) is 3.86. The highest BCUT2D eigenvalue weighted by Gasteiger charge is 2.12. The second-order valence-corrected chi connectivity index (χ2v) is 4.27. The van der Waals surface area contributed by atoms with Gasteiger partial charge in [0.25, 0.3) is 0 Å². The van der Waals surface area contributed by atoms with Crippen molar-refractivity contribution in [2.24, 2.45) is 11.5 Å². The molecule has 7 heteroatoms. The largest absolute Gasteiger partial charge is 0.506 e. The van der Waals surface area contributed by atoms with Crippen LogP contribution in [0.1, 0.15) is 5.56 Å². The van der Waals surface area contributed by atoms with Gasteiger partial charge in [-0.05, 0) is 17.7 Å². The second kappa shape index (κ2) is 6.23. The lowest BCUT2D eigenvalue weighted by atomic mass is 10.2. The van der Waals surface area contributed by atoms with Gasteiger partial charge in [-0.3, -0.25) is 14.5 Å². The number of phenols is 1. The summed E-state index contributed by atoms with van der Waals surface area (Å²) in [4.78, 5) is 23.2. The van der Waals surface area contributed by atoms with Crippen LogP contribution < -0.4 is 11.5 Å². The zero-order valence-corrected chi connectivity index (χ0v) is 10.4. The number of nitrogens with two attached hydrogens (primary N) is 2. The summed E-state index contributed by atoms with van der Waals surface area (Å²) in [7, 11) is 0. The molecular formula is C11H14ClN3O3. The van der Waals surface area contributed by atoms with E-state index in [-0.39, 0.29) is 30.4 Å². The van der Waals surface area contributed by atoms with Crippen molar-refractivity contribution in [3.63, 3.8) is 0 Å². The number of carbonyl (C=O) groups excluding carboxylic acids is 2. The summed E-state index contributed by atoms with van der Waals surface area (Å²) in [6.07, 6.45) is 0. The van der Waals surface area contributed by atoms with Gasteiger partial charge in [-0.1, -0.05) is 17.7 Å². The summed E-state index contributed by atoms with van der Waals surface area (Å²) in [5, 5.41) is 9.47. The number of benzene rings is 1. The SMILES string of the molecule is NC(=O)CN(CC(N)=O)Cc1ccc(O)c(Cl)c1. The van der Waals surface area contributed by atoms with E-state index in [9.17, 15) is 14.7 Å². The standard InChI is InChI=1S/C11H14ClN3O3/c12-8-3-7(1-2-9(8)16)4-15(5-10(13)17)6-11(14)18/h1-3,16H,4-6H2,(H2,13,17)(H2,14,18). The number of hydrogen-bond acceptors (Lipinski definition) is 4. The molecule has 1 aromatic carbocycles. The van der Waals surface area contributed by atoms with Crippen LogP contribution in [0.4, 0.5) is 0 Å². The Bertz CT molecular complexity index is 449. The molecule has 0 bridgehead atoms. The molecule has 18 heavy (non-hydrogen) atoms. The third kappa shape index (κ3) is 4.60. The molecule has 0 radical (unpaired) electrons. The number of halogens is 1. The van der Waals surface area contributed by atoms with E-state index in [1.807, 2.05) is 0 Å². The van der Waals surface area contributed by atoms with Crippen LogP contribution in [-0.4, -0.2) is 34.9 Å². The van der Waals surface area contributed by atoms with Crippen molar-refractivity contribution in [3.8, 4) is 5.75 Å². The van der Waals surface area contributed by atoms with E-state index < -0.39 is 11.8 Å². The van der Waals surface area contributed by atoms with E-state index >= 15 is 0 Å². The molecule has 5 N–H and O–H groups in total. The summed E-state index contributed by atoms with van der Waals surface area (Å²) in [5.41, 5.74) is 10.9. The number of amides is 2. The summed E-state index contributed by atoms with van der Waals surface area (Å²) < 4.78 is 0. The summed E-state index contributed by atoms with van der Waals surface area (Å²) >= 11 is 5.76. The zero-order valence-electron chi connectivity index (χ0n) is 9.60. The molecule has 0 spiro atoms. The number of phenolic OH excluding ortho intramolecular Hbond substituents is 1. The number of primary amides is 2. The number of nitrogens with zero attached hydrogens (tertiary/aromatic N) is 1. The van der Waals surface area contributed by atoms with Crippen LogP contribution >= 0.6 is 11.6 Å². The lowest BCUT2D eigenvalue weighted by Gasteiger charge is -2.19. The van der Waals surface area contributed by atoms with Gasteiger partial charge in [0.1, 0.15) is 5.75 Å². The molecule has 2 amide bonds. The Morgan fingerprint density at radius 1 is 1.22 bits per heavy atom. The van der Waals surface area contributed by atoms with E-state index in [0.29, 0.717) is 0 Å². The molecule has 0 aliphatic rings.